The van der Waals surface area contributed by atoms with Gasteiger partial charge in [-0.2, -0.15) is 0 Å². The van der Waals surface area contributed by atoms with Crippen LogP contribution in [0.2, 0.25) is 0 Å². The molecular formula is C14H19BrO. The third-order valence-electron chi connectivity index (χ3n) is 7.43. The lowest BCUT2D eigenvalue weighted by atomic mass is 8.92. The third-order valence-corrected chi connectivity index (χ3v) is 7.99. The molecular weight excluding hydrogens is 264 g/mol. The van der Waals surface area contributed by atoms with E-state index >= 15 is 0 Å². The van der Waals surface area contributed by atoms with Gasteiger partial charge < -0.3 is 4.74 Å². The largest absolute Gasteiger partial charge is 0.384 e. The number of hydrogen-bond acceptors (Lipinski definition) is 1. The predicted molar refractivity (Wildman–Crippen MR) is 65.3 cm³/mol. The van der Waals surface area contributed by atoms with E-state index in [2.05, 4.69) is 15.9 Å². The maximum Gasteiger partial charge on any atom is 0.0527 e. The van der Waals surface area contributed by atoms with Gasteiger partial charge in [-0.3, -0.25) is 0 Å². The molecule has 0 aromatic carbocycles. The third kappa shape index (κ3) is 0.526. The summed E-state index contributed by atoms with van der Waals surface area (Å²) in [6, 6.07) is 0. The second-order valence-electron chi connectivity index (χ2n) is 6.96. The fourth-order valence-corrected chi connectivity index (χ4v) is 7.93. The molecule has 16 heavy (non-hydrogen) atoms. The van der Waals surface area contributed by atoms with Crippen LogP contribution in [-0.2, 0) is 4.74 Å². The Bertz CT molecular complexity index is 323. The standard InChI is InChI=1S/C14H19BrO/c1-16-6-14-10-7-11(14)9-12(14)8(10)13(7,9)4-2-3-5-15/h7-12H,2-6H2,1H3. The Morgan fingerprint density at radius 3 is 2.00 bits per heavy atom. The minimum absolute atomic E-state index is 0.756. The minimum atomic E-state index is 0.756. The van der Waals surface area contributed by atoms with E-state index in [1.54, 1.807) is 6.42 Å². The zero-order chi connectivity index (χ0) is 10.7. The van der Waals surface area contributed by atoms with E-state index in [-0.39, 0.29) is 0 Å². The van der Waals surface area contributed by atoms with Crippen LogP contribution in [0.1, 0.15) is 19.3 Å². The lowest BCUT2D eigenvalue weighted by molar-refractivity contribution is -0.662. The first-order valence-electron chi connectivity index (χ1n) is 6.90. The smallest absolute Gasteiger partial charge is 0.0527 e. The van der Waals surface area contributed by atoms with E-state index < -0.39 is 0 Å². The van der Waals surface area contributed by atoms with Gasteiger partial charge in [0.1, 0.15) is 0 Å². The molecule has 0 bridgehead atoms. The summed E-state index contributed by atoms with van der Waals surface area (Å²) in [7, 11) is 1.90. The summed E-state index contributed by atoms with van der Waals surface area (Å²) in [5.74, 6) is 6.94. The molecule has 6 rings (SSSR count). The molecule has 6 fully saturated rings. The summed E-state index contributed by atoms with van der Waals surface area (Å²) >= 11 is 3.55. The highest BCUT2D eigenvalue weighted by molar-refractivity contribution is 9.09. The van der Waals surface area contributed by atoms with Crippen LogP contribution >= 0.6 is 15.9 Å². The highest BCUT2D eigenvalue weighted by Gasteiger charge is 3.08. The van der Waals surface area contributed by atoms with Gasteiger partial charge in [-0.1, -0.05) is 22.4 Å². The average Bonchev–Trinajstić information content (AvgIpc) is 2.32. The molecule has 6 aliphatic carbocycles. The summed E-state index contributed by atoms with van der Waals surface area (Å²) in [5.41, 5.74) is 1.67. The van der Waals surface area contributed by atoms with Gasteiger partial charge in [0.2, 0.25) is 0 Å². The van der Waals surface area contributed by atoms with Crippen LogP contribution in [0.15, 0.2) is 0 Å². The van der Waals surface area contributed by atoms with Crippen molar-refractivity contribution < 1.29 is 4.74 Å². The van der Waals surface area contributed by atoms with Crippen molar-refractivity contribution in [2.45, 2.75) is 19.3 Å². The highest BCUT2D eigenvalue weighted by Crippen LogP contribution is 3.10. The molecule has 2 heteroatoms. The topological polar surface area (TPSA) is 9.23 Å². The summed E-state index contributed by atoms with van der Waals surface area (Å²) in [4.78, 5) is 0. The molecule has 0 saturated heterocycles. The van der Waals surface area contributed by atoms with Crippen molar-refractivity contribution in [1.29, 1.82) is 0 Å². The SMILES string of the molecule is COCC12C3C4C1C1C2C3C41CCCCBr. The second kappa shape index (κ2) is 2.42. The molecule has 6 aliphatic rings. The maximum absolute atomic E-state index is 5.48. The summed E-state index contributed by atoms with van der Waals surface area (Å²) in [6.07, 6.45) is 4.42. The second-order valence-corrected chi connectivity index (χ2v) is 7.75. The van der Waals surface area contributed by atoms with Crippen LogP contribution in [0.25, 0.3) is 0 Å². The van der Waals surface area contributed by atoms with Crippen LogP contribution in [-0.4, -0.2) is 19.0 Å². The Balaban J connectivity index is 1.33. The van der Waals surface area contributed by atoms with Gasteiger partial charge in [0.15, 0.2) is 0 Å². The lowest BCUT2D eigenvalue weighted by Gasteiger charge is -3.12. The van der Waals surface area contributed by atoms with Crippen LogP contribution in [0, 0.1) is 46.3 Å². The normalized spacial score (nSPS) is 69.4. The Morgan fingerprint density at radius 1 is 0.938 bits per heavy atom. The summed E-state index contributed by atoms with van der Waals surface area (Å²) < 4.78 is 5.48. The number of hydrogen-bond donors (Lipinski definition) is 0. The molecule has 0 amide bonds. The van der Waals surface area contributed by atoms with E-state index in [1.165, 1.54) is 35.9 Å². The van der Waals surface area contributed by atoms with Crippen molar-refractivity contribution in [1.82, 2.24) is 0 Å². The Kier molecular flexibility index (Phi) is 1.42. The number of halogens is 1. The lowest BCUT2D eigenvalue weighted by Crippen LogP contribution is -3.10. The van der Waals surface area contributed by atoms with E-state index in [0.29, 0.717) is 0 Å². The summed E-state index contributed by atoms with van der Waals surface area (Å²) in [5, 5.41) is 1.20. The van der Waals surface area contributed by atoms with Crippen molar-refractivity contribution in [3.8, 4) is 0 Å². The molecule has 0 atom stereocenters. The monoisotopic (exact) mass is 282 g/mol. The van der Waals surface area contributed by atoms with Gasteiger partial charge in [0, 0.05) is 17.9 Å². The van der Waals surface area contributed by atoms with Gasteiger partial charge in [-0.25, -0.2) is 0 Å². The fourth-order valence-electron chi connectivity index (χ4n) is 7.54. The van der Waals surface area contributed by atoms with Crippen molar-refractivity contribution >= 4 is 15.9 Å². The van der Waals surface area contributed by atoms with Gasteiger partial charge in [0.25, 0.3) is 0 Å². The Labute approximate surface area is 105 Å². The van der Waals surface area contributed by atoms with E-state index in [4.69, 9.17) is 4.74 Å². The first-order valence-corrected chi connectivity index (χ1v) is 8.02. The Morgan fingerprint density at radius 2 is 1.50 bits per heavy atom. The predicted octanol–water partition coefficient (Wildman–Crippen LogP) is 2.94. The van der Waals surface area contributed by atoms with Gasteiger partial charge in [-0.15, -0.1) is 0 Å². The van der Waals surface area contributed by atoms with Crippen LogP contribution in [0.3, 0.4) is 0 Å². The van der Waals surface area contributed by atoms with E-state index in [0.717, 1.165) is 35.2 Å². The molecule has 0 aromatic rings. The molecule has 0 aromatic heterocycles. The van der Waals surface area contributed by atoms with Crippen molar-refractivity contribution in [2.24, 2.45) is 46.3 Å². The van der Waals surface area contributed by atoms with Gasteiger partial charge >= 0.3 is 0 Å². The summed E-state index contributed by atoms with van der Waals surface area (Å²) in [6.45, 7) is 1.09. The van der Waals surface area contributed by atoms with Crippen molar-refractivity contribution in [2.75, 3.05) is 19.0 Å². The molecule has 6 saturated carbocycles. The molecule has 0 unspecified atom stereocenters. The molecule has 0 aliphatic heterocycles. The first-order chi connectivity index (χ1) is 7.85. The molecule has 0 heterocycles. The fraction of sp³-hybridized carbons (Fsp3) is 1.00. The molecule has 0 radical (unpaired) electrons. The Hall–Kier alpha value is 0.440. The number of unbranched alkanes of at least 4 members (excludes halogenated alkanes) is 1. The quantitative estimate of drug-likeness (QED) is 0.538. The van der Waals surface area contributed by atoms with Crippen molar-refractivity contribution in [3.05, 3.63) is 0 Å². The zero-order valence-corrected chi connectivity index (χ0v) is 11.4. The average molecular weight is 283 g/mol. The van der Waals surface area contributed by atoms with Crippen LogP contribution in [0.5, 0.6) is 0 Å². The number of methoxy groups -OCH3 is 1. The van der Waals surface area contributed by atoms with Crippen LogP contribution in [0.4, 0.5) is 0 Å². The first kappa shape index (κ1) is 9.38. The van der Waals surface area contributed by atoms with Gasteiger partial charge in [-0.05, 0) is 53.8 Å². The number of rotatable bonds is 6. The highest BCUT2D eigenvalue weighted by atomic mass is 79.9. The van der Waals surface area contributed by atoms with Gasteiger partial charge in [0.05, 0.1) is 6.61 Å². The molecule has 0 N–H and O–H groups in total. The maximum atomic E-state index is 5.48. The van der Waals surface area contributed by atoms with E-state index in [1.807, 2.05) is 7.11 Å². The molecule has 0 spiro atoms. The molecule has 1 nitrogen and oxygen atoms in total. The minimum Gasteiger partial charge on any atom is -0.384 e. The number of alkyl halides is 1. The van der Waals surface area contributed by atoms with Crippen LogP contribution < -0.4 is 0 Å². The molecule has 88 valence electrons. The zero-order valence-electron chi connectivity index (χ0n) is 9.79. The van der Waals surface area contributed by atoms with Crippen molar-refractivity contribution in [3.63, 3.8) is 0 Å². The number of ether oxygens (including phenoxy) is 1. The van der Waals surface area contributed by atoms with E-state index in [9.17, 15) is 0 Å².